The first kappa shape index (κ1) is 25.0. The molecule has 1 aliphatic rings. The summed E-state index contributed by atoms with van der Waals surface area (Å²) < 4.78 is 6.02. The first-order valence-corrected chi connectivity index (χ1v) is 11.7. The molecule has 0 saturated carbocycles. The van der Waals surface area contributed by atoms with E-state index in [0.717, 1.165) is 0 Å². The zero-order chi connectivity index (χ0) is 24.2. The number of aliphatic hydroxyl groups excluding tert-OH is 1. The number of hydrogen-bond acceptors (Lipinski definition) is 8. The molecule has 1 aliphatic heterocycles. The smallest absolute Gasteiger partial charge is 0.410 e. The van der Waals surface area contributed by atoms with Crippen LogP contribution in [-0.2, 0) is 9.53 Å². The summed E-state index contributed by atoms with van der Waals surface area (Å²) in [6.07, 6.45) is 2.38. The number of nitrogens with one attached hydrogen (secondary N) is 2. The van der Waals surface area contributed by atoms with Gasteiger partial charge >= 0.3 is 6.09 Å². The fourth-order valence-electron chi connectivity index (χ4n) is 3.61. The highest BCUT2D eigenvalue weighted by Gasteiger charge is 2.38. The highest BCUT2D eigenvalue weighted by Crippen LogP contribution is 2.31. The number of aromatic hydroxyl groups is 1. The number of halogens is 1. The van der Waals surface area contributed by atoms with Crippen molar-refractivity contribution in [2.45, 2.75) is 57.7 Å². The summed E-state index contributed by atoms with van der Waals surface area (Å²) in [6.45, 7) is 5.94. The normalized spacial score (nSPS) is 18.8. The average Bonchev–Trinajstić information content (AvgIpc) is 2.75. The van der Waals surface area contributed by atoms with Gasteiger partial charge in [-0.05, 0) is 68.1 Å². The van der Waals surface area contributed by atoms with Gasteiger partial charge in [0.05, 0.1) is 16.2 Å². The van der Waals surface area contributed by atoms with Crippen LogP contribution in [-0.4, -0.2) is 74.5 Å². The second-order valence-corrected chi connectivity index (χ2v) is 9.80. The molecule has 0 aliphatic carbocycles. The summed E-state index contributed by atoms with van der Waals surface area (Å²) in [4.78, 5) is 35.9. The lowest BCUT2D eigenvalue weighted by Crippen LogP contribution is -2.56. The molecular weight excluding hydrogens is 494 g/mol. The lowest BCUT2D eigenvalue weighted by molar-refractivity contribution is -0.127. The number of ether oxygens (including phenoxy) is 1. The molecule has 0 spiro atoms. The van der Waals surface area contributed by atoms with Crippen LogP contribution in [0.25, 0.3) is 11.0 Å². The van der Waals surface area contributed by atoms with Gasteiger partial charge in [0.15, 0.2) is 5.75 Å². The third kappa shape index (κ3) is 6.44. The zero-order valence-corrected chi connectivity index (χ0v) is 20.6. The minimum atomic E-state index is -0.735. The highest BCUT2D eigenvalue weighted by molar-refractivity contribution is 9.10. The summed E-state index contributed by atoms with van der Waals surface area (Å²) in [7, 11) is 0. The maximum atomic E-state index is 12.9. The van der Waals surface area contributed by atoms with E-state index in [4.69, 9.17) is 9.84 Å². The van der Waals surface area contributed by atoms with Crippen LogP contribution < -0.4 is 10.6 Å². The first-order valence-electron chi connectivity index (χ1n) is 10.9. The summed E-state index contributed by atoms with van der Waals surface area (Å²) in [5, 5.41) is 25.3. The maximum Gasteiger partial charge on any atom is 0.410 e. The number of nitrogens with zero attached hydrogens (tertiary/aromatic N) is 3. The van der Waals surface area contributed by atoms with Gasteiger partial charge in [-0.1, -0.05) is 0 Å². The largest absolute Gasteiger partial charge is 0.504 e. The molecule has 2 aromatic rings. The molecule has 2 atom stereocenters. The Labute approximate surface area is 200 Å². The number of likely N-dealkylation sites (tertiary alicyclic amines) is 1. The standard InChI is InChI=1S/C22H30BrN5O5/c1-22(2,3)33-21(32)28-9-7-13(11-16(28)20(31)24-8-4-10-29)26-17-12-25-15-6-5-14(23)19(30)18(15)27-17/h5-6,12-13,16,29-30H,4,7-11H2,1-3H3,(H,24,31)(H,26,27)/t13-,16-/m0/s1. The van der Waals surface area contributed by atoms with Crippen LogP contribution in [0.1, 0.15) is 40.0 Å². The number of phenols is 1. The number of anilines is 1. The second-order valence-electron chi connectivity index (χ2n) is 8.94. The van der Waals surface area contributed by atoms with Gasteiger partial charge in [-0.25, -0.2) is 9.78 Å². The van der Waals surface area contributed by atoms with Crippen LogP contribution in [0.3, 0.4) is 0 Å². The van der Waals surface area contributed by atoms with Crippen molar-refractivity contribution in [2.24, 2.45) is 0 Å². The molecule has 10 nitrogen and oxygen atoms in total. The lowest BCUT2D eigenvalue weighted by Gasteiger charge is -2.39. The summed E-state index contributed by atoms with van der Waals surface area (Å²) in [5.74, 6) is 0.169. The monoisotopic (exact) mass is 523 g/mol. The van der Waals surface area contributed by atoms with Crippen molar-refractivity contribution in [3.8, 4) is 5.75 Å². The van der Waals surface area contributed by atoms with E-state index in [1.807, 2.05) is 0 Å². The minimum Gasteiger partial charge on any atom is -0.504 e. The number of amides is 2. The van der Waals surface area contributed by atoms with Crippen LogP contribution in [0.15, 0.2) is 22.8 Å². The third-order valence-electron chi connectivity index (χ3n) is 5.16. The number of aromatic nitrogens is 2. The molecule has 180 valence electrons. The molecule has 1 aromatic carbocycles. The van der Waals surface area contributed by atoms with Crippen LogP contribution in [0, 0.1) is 0 Å². The van der Waals surface area contributed by atoms with Crippen molar-refractivity contribution in [1.29, 1.82) is 0 Å². The lowest BCUT2D eigenvalue weighted by atomic mass is 9.96. The third-order valence-corrected chi connectivity index (χ3v) is 5.80. The Morgan fingerprint density at radius 3 is 2.79 bits per heavy atom. The van der Waals surface area contributed by atoms with E-state index in [0.29, 0.717) is 53.7 Å². The Kier molecular flexibility index (Phi) is 7.96. The van der Waals surface area contributed by atoms with E-state index in [2.05, 4.69) is 36.5 Å². The van der Waals surface area contributed by atoms with Crippen molar-refractivity contribution >= 4 is 44.8 Å². The van der Waals surface area contributed by atoms with Gasteiger partial charge in [-0.3, -0.25) is 14.7 Å². The number of fused-ring (bicyclic) bond motifs is 1. The molecule has 4 N–H and O–H groups in total. The Hall–Kier alpha value is -2.66. The van der Waals surface area contributed by atoms with E-state index < -0.39 is 17.7 Å². The van der Waals surface area contributed by atoms with Crippen LogP contribution in [0.4, 0.5) is 10.6 Å². The van der Waals surface area contributed by atoms with Crippen LogP contribution >= 0.6 is 15.9 Å². The molecule has 11 heteroatoms. The van der Waals surface area contributed by atoms with Gasteiger partial charge < -0.3 is 25.6 Å². The van der Waals surface area contributed by atoms with E-state index in [1.165, 1.54) is 4.90 Å². The number of benzene rings is 1. The highest BCUT2D eigenvalue weighted by atomic mass is 79.9. The second kappa shape index (κ2) is 10.5. The number of carbonyl (C=O) groups is 2. The maximum absolute atomic E-state index is 12.9. The van der Waals surface area contributed by atoms with E-state index in [-0.39, 0.29) is 24.3 Å². The Morgan fingerprint density at radius 1 is 1.33 bits per heavy atom. The number of phenolic OH excluding ortho intramolecular Hbond substituents is 1. The van der Waals surface area contributed by atoms with Gasteiger partial charge in [-0.2, -0.15) is 0 Å². The van der Waals surface area contributed by atoms with Gasteiger partial charge in [0.25, 0.3) is 0 Å². The molecule has 1 fully saturated rings. The summed E-state index contributed by atoms with van der Waals surface area (Å²) in [6, 6.07) is 2.56. The Bertz CT molecular complexity index is 1010. The Morgan fingerprint density at radius 2 is 2.09 bits per heavy atom. The number of rotatable bonds is 6. The molecule has 1 aromatic heterocycles. The molecular formula is C22H30BrN5O5. The topological polar surface area (TPSA) is 137 Å². The van der Waals surface area contributed by atoms with Gasteiger partial charge in [0.2, 0.25) is 5.91 Å². The average molecular weight is 524 g/mol. The minimum absolute atomic E-state index is 0.00420. The fraction of sp³-hybridized carbons (Fsp3) is 0.545. The van der Waals surface area contributed by atoms with Crippen molar-refractivity contribution in [2.75, 3.05) is 25.0 Å². The molecule has 0 radical (unpaired) electrons. The quantitative estimate of drug-likeness (QED) is 0.424. The fourth-order valence-corrected chi connectivity index (χ4v) is 3.93. The molecule has 2 amide bonds. The predicted molar refractivity (Wildman–Crippen MR) is 127 cm³/mol. The summed E-state index contributed by atoms with van der Waals surface area (Å²) in [5.41, 5.74) is 0.238. The zero-order valence-electron chi connectivity index (χ0n) is 19.0. The van der Waals surface area contributed by atoms with E-state index in [1.54, 1.807) is 39.1 Å². The van der Waals surface area contributed by atoms with Crippen molar-refractivity contribution < 1.29 is 24.5 Å². The van der Waals surface area contributed by atoms with E-state index in [9.17, 15) is 14.7 Å². The molecule has 1 saturated heterocycles. The predicted octanol–water partition coefficient (Wildman–Crippen LogP) is 2.78. The number of aliphatic hydroxyl groups is 1. The van der Waals surface area contributed by atoms with Gasteiger partial charge in [0, 0.05) is 25.7 Å². The van der Waals surface area contributed by atoms with Crippen LogP contribution in [0.5, 0.6) is 5.75 Å². The first-order chi connectivity index (χ1) is 15.6. The van der Waals surface area contributed by atoms with E-state index >= 15 is 0 Å². The number of hydrogen-bond donors (Lipinski definition) is 4. The molecule has 3 rings (SSSR count). The Balaban J connectivity index is 1.76. The molecule has 0 unspecified atom stereocenters. The molecule has 0 bridgehead atoms. The van der Waals surface area contributed by atoms with Crippen molar-refractivity contribution in [3.05, 3.63) is 22.8 Å². The van der Waals surface area contributed by atoms with Gasteiger partial charge in [0.1, 0.15) is 23.0 Å². The molecule has 2 heterocycles. The number of piperidine rings is 1. The summed E-state index contributed by atoms with van der Waals surface area (Å²) >= 11 is 3.28. The van der Waals surface area contributed by atoms with Crippen LogP contribution in [0.2, 0.25) is 0 Å². The SMILES string of the molecule is CC(C)(C)OC(=O)N1CC[C@H](Nc2cnc3ccc(Br)c(O)c3n2)C[C@H]1C(=O)NCCCO. The van der Waals surface area contributed by atoms with Crippen molar-refractivity contribution in [3.63, 3.8) is 0 Å². The van der Waals surface area contributed by atoms with Crippen molar-refractivity contribution in [1.82, 2.24) is 20.2 Å². The van der Waals surface area contributed by atoms with Gasteiger partial charge in [-0.15, -0.1) is 0 Å². The number of carbonyl (C=O) groups excluding carboxylic acids is 2. The molecule has 33 heavy (non-hydrogen) atoms.